The largest absolute Gasteiger partial charge is 0.480 e. The van der Waals surface area contributed by atoms with Crippen molar-refractivity contribution in [2.75, 3.05) is 13.6 Å². The number of halogens is 4. The van der Waals surface area contributed by atoms with E-state index in [1.807, 2.05) is 0 Å². The lowest BCUT2D eigenvalue weighted by Gasteiger charge is -2.30. The van der Waals surface area contributed by atoms with Gasteiger partial charge in [0.15, 0.2) is 6.04 Å². The highest BCUT2D eigenvalue weighted by Gasteiger charge is 2.52. The van der Waals surface area contributed by atoms with Gasteiger partial charge in [-0.15, -0.1) is 0 Å². The topological polar surface area (TPSA) is 92.5 Å². The van der Waals surface area contributed by atoms with E-state index < -0.39 is 35.6 Å². The Hall–Kier alpha value is -1.64. The molecule has 0 saturated carbocycles. The van der Waals surface area contributed by atoms with E-state index >= 15 is 0 Å². The zero-order valence-electron chi connectivity index (χ0n) is 8.89. The molecule has 0 aromatic heterocycles. The molecule has 1 unspecified atom stereocenters. The number of alkyl halides is 3. The Bertz CT molecular complexity index is 445. The van der Waals surface area contributed by atoms with Crippen LogP contribution in [0.15, 0.2) is 16.0 Å². The number of carbonyl (C=O) groups is 1. The normalized spacial score (nSPS) is 21.2. The van der Waals surface area contributed by atoms with Crippen LogP contribution in [0.5, 0.6) is 0 Å². The average Bonchev–Trinajstić information content (AvgIpc) is 2.41. The molecule has 0 amide bonds. The molecule has 18 heavy (non-hydrogen) atoms. The summed E-state index contributed by atoms with van der Waals surface area (Å²) in [6.45, 7) is -0.798. The molecule has 1 aliphatic rings. The monoisotopic (exact) mass is 285 g/mol. The number of hydrogen-bond donors (Lipinski definition) is 1. The van der Waals surface area contributed by atoms with Gasteiger partial charge in [0.2, 0.25) is 0 Å². The van der Waals surface area contributed by atoms with Crippen LogP contribution in [0.2, 0.25) is 0 Å². The first-order valence-electron chi connectivity index (χ1n) is 4.43. The van der Waals surface area contributed by atoms with Crippen molar-refractivity contribution >= 4 is 17.6 Å². The minimum Gasteiger partial charge on any atom is -0.480 e. The lowest BCUT2D eigenvalue weighted by atomic mass is 10.3. The van der Waals surface area contributed by atoms with Crippen LogP contribution in [0.25, 0.3) is 10.4 Å². The lowest BCUT2D eigenvalue weighted by molar-refractivity contribution is -0.190. The van der Waals surface area contributed by atoms with Crippen LogP contribution in [-0.2, 0) is 4.79 Å². The SMILES string of the molecule is CN1C(C(F)(F)F)C(Cl)=C(N=[N+]=[N-])N1CC(=O)O. The third-order valence-corrected chi connectivity index (χ3v) is 2.56. The van der Waals surface area contributed by atoms with Crippen molar-refractivity contribution in [1.29, 1.82) is 0 Å². The second-order valence-corrected chi connectivity index (χ2v) is 3.74. The van der Waals surface area contributed by atoms with Crippen LogP contribution in [0.1, 0.15) is 0 Å². The van der Waals surface area contributed by atoms with Crippen LogP contribution in [0, 0.1) is 0 Å². The summed E-state index contributed by atoms with van der Waals surface area (Å²) in [6.07, 6.45) is -4.71. The number of rotatable bonds is 3. The van der Waals surface area contributed by atoms with Gasteiger partial charge in [-0.05, 0) is 10.6 Å². The number of likely N-dealkylation sites (N-methyl/N-ethyl adjacent to an activating group) is 1. The Morgan fingerprint density at radius 3 is 2.61 bits per heavy atom. The van der Waals surface area contributed by atoms with E-state index in [-0.39, 0.29) is 0 Å². The lowest BCUT2D eigenvalue weighted by Crippen LogP contribution is -2.48. The molecule has 1 heterocycles. The fourth-order valence-electron chi connectivity index (χ4n) is 1.51. The summed E-state index contributed by atoms with van der Waals surface area (Å²) in [5, 5.41) is 12.1. The molecule has 11 heteroatoms. The van der Waals surface area contributed by atoms with Crippen LogP contribution >= 0.6 is 11.6 Å². The van der Waals surface area contributed by atoms with E-state index in [4.69, 9.17) is 22.2 Å². The molecular weight excluding hydrogens is 279 g/mol. The fraction of sp³-hybridized carbons (Fsp3) is 0.571. The van der Waals surface area contributed by atoms with Gasteiger partial charge in [-0.1, -0.05) is 11.6 Å². The maximum atomic E-state index is 12.7. The van der Waals surface area contributed by atoms with Gasteiger partial charge >= 0.3 is 12.1 Å². The van der Waals surface area contributed by atoms with E-state index in [1.54, 1.807) is 0 Å². The van der Waals surface area contributed by atoms with Crippen molar-refractivity contribution in [2.45, 2.75) is 12.2 Å². The Morgan fingerprint density at radius 2 is 2.22 bits per heavy atom. The molecule has 1 rings (SSSR count). The van der Waals surface area contributed by atoms with Gasteiger partial charge in [0.25, 0.3) is 0 Å². The summed E-state index contributed by atoms with van der Waals surface area (Å²) in [7, 11) is 1.00. The Labute approximate surface area is 104 Å². The van der Waals surface area contributed by atoms with Gasteiger partial charge in [-0.2, -0.15) is 13.2 Å². The molecule has 0 bridgehead atoms. The first-order valence-corrected chi connectivity index (χ1v) is 4.81. The van der Waals surface area contributed by atoms with Crippen molar-refractivity contribution in [3.8, 4) is 0 Å². The number of carboxylic acids is 1. The van der Waals surface area contributed by atoms with Gasteiger partial charge in [0.1, 0.15) is 12.4 Å². The molecule has 1 aliphatic heterocycles. The number of hydrogen-bond acceptors (Lipinski definition) is 4. The van der Waals surface area contributed by atoms with Crippen molar-refractivity contribution < 1.29 is 23.1 Å². The van der Waals surface area contributed by atoms with Crippen molar-refractivity contribution in [1.82, 2.24) is 10.0 Å². The fourth-order valence-corrected chi connectivity index (χ4v) is 1.91. The molecule has 0 spiro atoms. The molecule has 100 valence electrons. The number of azide groups is 1. The predicted molar refractivity (Wildman–Crippen MR) is 54.0 cm³/mol. The van der Waals surface area contributed by atoms with Gasteiger partial charge < -0.3 is 5.11 Å². The van der Waals surface area contributed by atoms with Crippen LogP contribution in [0.3, 0.4) is 0 Å². The molecule has 0 fully saturated rings. The molecule has 1 N–H and O–H groups in total. The Morgan fingerprint density at radius 1 is 1.67 bits per heavy atom. The summed E-state index contributed by atoms with van der Waals surface area (Å²) in [6, 6.07) is -2.22. The first kappa shape index (κ1) is 14.4. The Kier molecular flexibility index (Phi) is 3.95. The molecular formula is C7H7ClF3N5O2. The molecule has 0 radical (unpaired) electrons. The van der Waals surface area contributed by atoms with E-state index in [0.717, 1.165) is 7.05 Å². The summed E-state index contributed by atoms with van der Waals surface area (Å²) in [5.41, 5.74) is 8.26. The molecule has 0 saturated heterocycles. The Balaban J connectivity index is 3.22. The maximum Gasteiger partial charge on any atom is 0.410 e. The van der Waals surface area contributed by atoms with Crippen molar-refractivity contribution in [2.24, 2.45) is 5.11 Å². The number of carboxylic acid groups (broad SMARTS) is 1. The first-order chi connectivity index (χ1) is 8.20. The molecule has 1 atom stereocenters. The third-order valence-electron chi connectivity index (χ3n) is 2.19. The van der Waals surface area contributed by atoms with Crippen molar-refractivity contribution in [3.63, 3.8) is 0 Å². The minimum absolute atomic E-state index is 0.564. The second kappa shape index (κ2) is 4.92. The third kappa shape index (κ3) is 2.61. The smallest absolute Gasteiger partial charge is 0.410 e. The quantitative estimate of drug-likeness (QED) is 0.487. The van der Waals surface area contributed by atoms with Gasteiger partial charge in [-0.3, -0.25) is 9.80 Å². The number of nitrogens with zero attached hydrogens (tertiary/aromatic N) is 5. The zero-order chi connectivity index (χ0) is 14.1. The minimum atomic E-state index is -4.71. The summed E-state index contributed by atoms with van der Waals surface area (Å²) in [4.78, 5) is 12.9. The number of hydrazine groups is 1. The van der Waals surface area contributed by atoms with Gasteiger partial charge in [-0.25, -0.2) is 5.01 Å². The maximum absolute atomic E-state index is 12.7. The highest BCUT2D eigenvalue weighted by Crippen LogP contribution is 2.40. The summed E-state index contributed by atoms with van der Waals surface area (Å²) < 4.78 is 38.2. The van der Waals surface area contributed by atoms with Crippen molar-refractivity contribution in [3.05, 3.63) is 21.3 Å². The van der Waals surface area contributed by atoms with E-state index in [9.17, 15) is 18.0 Å². The highest BCUT2D eigenvalue weighted by atomic mass is 35.5. The van der Waals surface area contributed by atoms with E-state index in [1.165, 1.54) is 0 Å². The highest BCUT2D eigenvalue weighted by molar-refractivity contribution is 6.30. The zero-order valence-corrected chi connectivity index (χ0v) is 9.64. The standard InChI is InChI=1S/C7H7ClF3N5O2/c1-15-5(7(9,10)11)4(8)6(13-14-12)16(15)2-3(17)18/h5H,2H2,1H3,(H,17,18). The second-order valence-electron chi connectivity index (χ2n) is 3.33. The van der Waals surface area contributed by atoms with Crippen LogP contribution < -0.4 is 0 Å². The molecule has 0 aromatic carbocycles. The van der Waals surface area contributed by atoms with Gasteiger partial charge in [0, 0.05) is 12.0 Å². The molecule has 0 aliphatic carbocycles. The average molecular weight is 286 g/mol. The number of aliphatic carboxylic acids is 1. The van der Waals surface area contributed by atoms with Gasteiger partial charge in [0.05, 0.1) is 5.03 Å². The summed E-state index contributed by atoms with van der Waals surface area (Å²) in [5.74, 6) is -1.95. The van der Waals surface area contributed by atoms with Crippen LogP contribution in [-0.4, -0.2) is 46.9 Å². The summed E-state index contributed by atoms with van der Waals surface area (Å²) >= 11 is 5.50. The molecule has 0 aromatic rings. The predicted octanol–water partition coefficient (Wildman–Crippen LogP) is 1.88. The molecule has 7 nitrogen and oxygen atoms in total. The van der Waals surface area contributed by atoms with E-state index in [0.29, 0.717) is 10.0 Å². The van der Waals surface area contributed by atoms with Crippen LogP contribution in [0.4, 0.5) is 13.2 Å². The van der Waals surface area contributed by atoms with E-state index in [2.05, 4.69) is 10.0 Å².